The van der Waals surface area contributed by atoms with Crippen LogP contribution in [0.5, 0.6) is 11.5 Å². The smallest absolute Gasteiger partial charge is 0.331 e. The average Bonchev–Trinajstić information content (AvgIpc) is 2.49. The summed E-state index contributed by atoms with van der Waals surface area (Å²) in [6, 6.07) is 5.73. The molecule has 1 aliphatic rings. The fourth-order valence-corrected chi connectivity index (χ4v) is 2.99. The Hall–Kier alpha value is -1.97. The van der Waals surface area contributed by atoms with Gasteiger partial charge in [0.1, 0.15) is 11.5 Å². The van der Waals surface area contributed by atoms with E-state index in [0.29, 0.717) is 18.4 Å². The van der Waals surface area contributed by atoms with E-state index in [-0.39, 0.29) is 0 Å². The van der Waals surface area contributed by atoms with E-state index in [4.69, 9.17) is 9.47 Å². The molecule has 22 heavy (non-hydrogen) atoms. The molecular weight excluding hydrogens is 280 g/mol. The molecule has 4 nitrogen and oxygen atoms in total. The van der Waals surface area contributed by atoms with Crippen LogP contribution in [0.25, 0.3) is 0 Å². The predicted octanol–water partition coefficient (Wildman–Crippen LogP) is 3.98. The Morgan fingerprint density at radius 3 is 2.14 bits per heavy atom. The molecule has 0 fully saturated rings. The average molecular weight is 304 g/mol. The lowest BCUT2D eigenvalue weighted by atomic mass is 9.89. The highest BCUT2D eigenvalue weighted by atomic mass is 16.5. The zero-order valence-electron chi connectivity index (χ0n) is 13.4. The first-order chi connectivity index (χ1) is 10.6. The molecule has 0 amide bonds. The Balaban J connectivity index is 2.32. The molecule has 0 saturated carbocycles. The lowest BCUT2D eigenvalue weighted by Gasteiger charge is -2.17. The SMILES string of the molecule is COc1cc(C/C2=C(\C(=O)O)CCCCCC2)cc(OC)c1. The van der Waals surface area contributed by atoms with Gasteiger partial charge in [-0.05, 0) is 49.8 Å². The normalized spacial score (nSPS) is 19.2. The molecule has 0 atom stereocenters. The van der Waals surface area contributed by atoms with E-state index >= 15 is 0 Å². The molecule has 120 valence electrons. The molecule has 0 bridgehead atoms. The van der Waals surface area contributed by atoms with Crippen molar-refractivity contribution in [2.75, 3.05) is 14.2 Å². The molecule has 0 aliphatic heterocycles. The summed E-state index contributed by atoms with van der Waals surface area (Å²) >= 11 is 0. The topological polar surface area (TPSA) is 55.8 Å². The molecule has 1 N–H and O–H groups in total. The van der Waals surface area contributed by atoms with Crippen molar-refractivity contribution in [1.82, 2.24) is 0 Å². The monoisotopic (exact) mass is 304 g/mol. The number of allylic oxidation sites excluding steroid dienone is 1. The van der Waals surface area contributed by atoms with Crippen LogP contribution in [-0.2, 0) is 11.2 Å². The quantitative estimate of drug-likeness (QED) is 0.894. The Labute approximate surface area is 131 Å². The maximum Gasteiger partial charge on any atom is 0.331 e. The van der Waals surface area contributed by atoms with E-state index in [1.54, 1.807) is 14.2 Å². The molecule has 2 rings (SSSR count). The van der Waals surface area contributed by atoms with E-state index in [1.165, 1.54) is 6.42 Å². The van der Waals surface area contributed by atoms with E-state index in [0.717, 1.165) is 48.3 Å². The highest BCUT2D eigenvalue weighted by Crippen LogP contribution is 2.29. The number of carbonyl (C=O) groups is 1. The Morgan fingerprint density at radius 1 is 1.00 bits per heavy atom. The van der Waals surface area contributed by atoms with Crippen LogP contribution < -0.4 is 9.47 Å². The van der Waals surface area contributed by atoms with Crippen molar-refractivity contribution in [3.8, 4) is 11.5 Å². The van der Waals surface area contributed by atoms with E-state index in [1.807, 2.05) is 18.2 Å². The second-order valence-electron chi connectivity index (χ2n) is 5.70. The van der Waals surface area contributed by atoms with Crippen molar-refractivity contribution >= 4 is 5.97 Å². The van der Waals surface area contributed by atoms with Gasteiger partial charge in [-0.25, -0.2) is 4.79 Å². The maximum atomic E-state index is 11.6. The second kappa shape index (κ2) is 7.87. The molecule has 0 heterocycles. The molecule has 0 aromatic heterocycles. The Morgan fingerprint density at radius 2 is 1.59 bits per heavy atom. The van der Waals surface area contributed by atoms with Crippen molar-refractivity contribution in [2.45, 2.75) is 44.9 Å². The summed E-state index contributed by atoms with van der Waals surface area (Å²) in [6.45, 7) is 0. The van der Waals surface area contributed by atoms with Gasteiger partial charge >= 0.3 is 5.97 Å². The summed E-state index contributed by atoms with van der Waals surface area (Å²) in [6.07, 6.45) is 6.51. The number of carboxylic acid groups (broad SMARTS) is 1. The maximum absolute atomic E-state index is 11.6. The highest BCUT2D eigenvalue weighted by Gasteiger charge is 2.17. The number of methoxy groups -OCH3 is 2. The number of carboxylic acids is 1. The van der Waals surface area contributed by atoms with Crippen LogP contribution >= 0.6 is 0 Å². The molecule has 4 heteroatoms. The molecule has 0 radical (unpaired) electrons. The summed E-state index contributed by atoms with van der Waals surface area (Å²) in [4.78, 5) is 11.6. The van der Waals surface area contributed by atoms with Crippen LogP contribution in [0.15, 0.2) is 29.3 Å². The van der Waals surface area contributed by atoms with Crippen molar-refractivity contribution in [3.63, 3.8) is 0 Å². The first-order valence-electron chi connectivity index (χ1n) is 7.80. The third-order valence-corrected chi connectivity index (χ3v) is 4.17. The first-order valence-corrected chi connectivity index (χ1v) is 7.80. The van der Waals surface area contributed by atoms with Gasteiger partial charge in [0.05, 0.1) is 14.2 Å². The van der Waals surface area contributed by atoms with Crippen LogP contribution in [0, 0.1) is 0 Å². The Bertz CT molecular complexity index is 538. The van der Waals surface area contributed by atoms with E-state index in [2.05, 4.69) is 0 Å². The molecule has 0 saturated heterocycles. The summed E-state index contributed by atoms with van der Waals surface area (Å²) in [5.74, 6) is 0.696. The van der Waals surface area contributed by atoms with Gasteiger partial charge < -0.3 is 14.6 Å². The minimum atomic E-state index is -0.772. The minimum Gasteiger partial charge on any atom is -0.497 e. The summed E-state index contributed by atoms with van der Waals surface area (Å²) in [7, 11) is 3.24. The summed E-state index contributed by atoms with van der Waals surface area (Å²) < 4.78 is 10.6. The number of ether oxygens (including phenoxy) is 2. The minimum absolute atomic E-state index is 0.599. The molecular formula is C18H24O4. The van der Waals surface area contributed by atoms with Gasteiger partial charge in [0.25, 0.3) is 0 Å². The van der Waals surface area contributed by atoms with Crippen LogP contribution in [0.3, 0.4) is 0 Å². The first kappa shape index (κ1) is 16.4. The lowest BCUT2D eigenvalue weighted by molar-refractivity contribution is -0.132. The van der Waals surface area contributed by atoms with Gasteiger partial charge in [0, 0.05) is 11.6 Å². The van der Waals surface area contributed by atoms with Gasteiger partial charge in [-0.2, -0.15) is 0 Å². The molecule has 1 aliphatic carbocycles. The number of aliphatic carboxylic acids is 1. The summed E-state index contributed by atoms with van der Waals surface area (Å²) in [5.41, 5.74) is 2.68. The van der Waals surface area contributed by atoms with Gasteiger partial charge in [0.2, 0.25) is 0 Å². The van der Waals surface area contributed by atoms with Crippen LogP contribution in [0.1, 0.15) is 44.1 Å². The standard InChI is InChI=1S/C18H24O4/c1-21-15-10-13(11-16(12-15)22-2)9-14-7-5-3-4-6-8-17(14)18(19)20/h10-12H,3-9H2,1-2H3,(H,19,20)/b17-14-. The zero-order valence-corrected chi connectivity index (χ0v) is 13.4. The molecule has 1 aromatic carbocycles. The number of benzene rings is 1. The fraction of sp³-hybridized carbons (Fsp3) is 0.500. The zero-order chi connectivity index (χ0) is 15.9. The van der Waals surface area contributed by atoms with E-state index in [9.17, 15) is 9.90 Å². The fourth-order valence-electron chi connectivity index (χ4n) is 2.99. The van der Waals surface area contributed by atoms with Crippen LogP contribution in [-0.4, -0.2) is 25.3 Å². The van der Waals surface area contributed by atoms with Gasteiger partial charge in [-0.15, -0.1) is 0 Å². The number of hydrogen-bond acceptors (Lipinski definition) is 3. The third-order valence-electron chi connectivity index (χ3n) is 4.17. The molecule has 1 aromatic rings. The third kappa shape index (κ3) is 4.26. The summed E-state index contributed by atoms with van der Waals surface area (Å²) in [5, 5.41) is 9.50. The van der Waals surface area contributed by atoms with E-state index < -0.39 is 5.97 Å². The Kier molecular flexibility index (Phi) is 5.87. The lowest BCUT2D eigenvalue weighted by Crippen LogP contribution is -2.09. The second-order valence-corrected chi connectivity index (χ2v) is 5.70. The van der Waals surface area contributed by atoms with Crippen molar-refractivity contribution in [2.24, 2.45) is 0 Å². The van der Waals surface area contributed by atoms with Crippen LogP contribution in [0.4, 0.5) is 0 Å². The largest absolute Gasteiger partial charge is 0.497 e. The predicted molar refractivity (Wildman–Crippen MR) is 85.6 cm³/mol. The number of rotatable bonds is 5. The van der Waals surface area contributed by atoms with Crippen LogP contribution in [0.2, 0.25) is 0 Å². The van der Waals surface area contributed by atoms with Crippen molar-refractivity contribution in [1.29, 1.82) is 0 Å². The van der Waals surface area contributed by atoms with Crippen molar-refractivity contribution in [3.05, 3.63) is 34.9 Å². The molecule has 0 spiro atoms. The van der Waals surface area contributed by atoms with Crippen molar-refractivity contribution < 1.29 is 19.4 Å². The highest BCUT2D eigenvalue weighted by molar-refractivity contribution is 5.87. The number of hydrogen-bond donors (Lipinski definition) is 1. The van der Waals surface area contributed by atoms with Gasteiger partial charge in [-0.1, -0.05) is 18.4 Å². The van der Waals surface area contributed by atoms with Gasteiger partial charge in [0.15, 0.2) is 0 Å². The molecule has 0 unspecified atom stereocenters. The van der Waals surface area contributed by atoms with Gasteiger partial charge in [-0.3, -0.25) is 0 Å².